The molecule has 2 heterocycles. The van der Waals surface area contributed by atoms with E-state index in [4.69, 9.17) is 5.73 Å². The third-order valence-corrected chi connectivity index (χ3v) is 4.57. The monoisotopic (exact) mass is 344 g/mol. The molecule has 0 radical (unpaired) electrons. The van der Waals surface area contributed by atoms with Crippen LogP contribution in [0.2, 0.25) is 0 Å². The Hall–Kier alpha value is -3.34. The molecule has 0 saturated heterocycles. The second-order valence-electron chi connectivity index (χ2n) is 6.48. The van der Waals surface area contributed by atoms with E-state index in [-0.39, 0.29) is 5.91 Å². The van der Waals surface area contributed by atoms with Gasteiger partial charge in [-0.25, -0.2) is 0 Å². The van der Waals surface area contributed by atoms with Crippen LogP contribution in [-0.4, -0.2) is 17.4 Å². The number of amides is 1. The highest BCUT2D eigenvalue weighted by atomic mass is 16.2. The van der Waals surface area contributed by atoms with Gasteiger partial charge in [-0.3, -0.25) is 9.78 Å². The first-order valence-electron chi connectivity index (χ1n) is 8.60. The Morgan fingerprint density at radius 2 is 1.85 bits per heavy atom. The van der Waals surface area contributed by atoms with Gasteiger partial charge >= 0.3 is 0 Å². The van der Waals surface area contributed by atoms with E-state index in [9.17, 15) is 4.79 Å². The van der Waals surface area contributed by atoms with Crippen molar-refractivity contribution in [2.24, 2.45) is 0 Å². The van der Waals surface area contributed by atoms with Crippen LogP contribution < -0.4 is 16.0 Å². The lowest BCUT2D eigenvalue weighted by Crippen LogP contribution is -2.28. The number of nitrogens with zero attached hydrogens (tertiary/aromatic N) is 2. The first-order valence-corrected chi connectivity index (χ1v) is 8.60. The molecule has 3 aromatic rings. The number of fused-ring (bicyclic) bond motifs is 1. The molecule has 3 N–H and O–H groups in total. The Bertz CT molecular complexity index is 966. The normalized spacial score (nSPS) is 12.7. The summed E-state index contributed by atoms with van der Waals surface area (Å²) in [5.74, 6) is 0.000607. The van der Waals surface area contributed by atoms with Crippen LogP contribution >= 0.6 is 0 Å². The maximum atomic E-state index is 12.9. The molecule has 1 amide bonds. The van der Waals surface area contributed by atoms with Gasteiger partial charge in [-0.15, -0.1) is 0 Å². The van der Waals surface area contributed by atoms with Crippen molar-refractivity contribution in [2.45, 2.75) is 13.3 Å². The number of aryl methyl sites for hydroxylation is 1. The molecule has 130 valence electrons. The number of hydrogen-bond acceptors (Lipinski definition) is 4. The minimum Gasteiger partial charge on any atom is -0.399 e. The fourth-order valence-electron chi connectivity index (χ4n) is 3.24. The van der Waals surface area contributed by atoms with Gasteiger partial charge in [-0.2, -0.15) is 0 Å². The van der Waals surface area contributed by atoms with Crippen molar-refractivity contribution in [2.75, 3.05) is 22.5 Å². The molecule has 0 bridgehead atoms. The number of carbonyl (C=O) groups is 1. The Labute approximate surface area is 152 Å². The average Bonchev–Trinajstić information content (AvgIpc) is 3.05. The van der Waals surface area contributed by atoms with Gasteiger partial charge in [0, 0.05) is 46.7 Å². The third-order valence-electron chi connectivity index (χ3n) is 4.57. The number of nitrogens with two attached hydrogens (primary N) is 1. The summed E-state index contributed by atoms with van der Waals surface area (Å²) in [7, 11) is 0. The Morgan fingerprint density at radius 3 is 2.62 bits per heavy atom. The molecule has 1 aliphatic rings. The minimum absolute atomic E-state index is 0.000607. The molecule has 2 aromatic carbocycles. The average molecular weight is 344 g/mol. The smallest absolute Gasteiger partial charge is 0.258 e. The zero-order chi connectivity index (χ0) is 18.1. The zero-order valence-electron chi connectivity index (χ0n) is 14.6. The van der Waals surface area contributed by atoms with E-state index in [1.54, 1.807) is 30.5 Å². The van der Waals surface area contributed by atoms with Crippen molar-refractivity contribution in [1.29, 1.82) is 0 Å². The molecule has 5 nitrogen and oxygen atoms in total. The SMILES string of the molecule is Cc1cc(Nc2ccc3c(c2)N(C(=O)c2ccc(N)cc2)CC3)ccn1. The molecule has 1 aromatic heterocycles. The first kappa shape index (κ1) is 16.1. The van der Waals surface area contributed by atoms with Crippen molar-refractivity contribution >= 4 is 28.7 Å². The molecule has 0 aliphatic carbocycles. The van der Waals surface area contributed by atoms with Crippen molar-refractivity contribution < 1.29 is 4.79 Å². The highest BCUT2D eigenvalue weighted by Crippen LogP contribution is 2.33. The predicted octanol–water partition coefficient (Wildman–Crippen LogP) is 3.92. The standard InChI is InChI=1S/C21H20N4O/c1-14-12-19(8-10-23-14)24-18-7-4-15-9-11-25(20(15)13-18)21(26)16-2-5-17(22)6-3-16/h2-8,10,12-13H,9,11,22H2,1H3,(H,23,24). The highest BCUT2D eigenvalue weighted by Gasteiger charge is 2.25. The van der Waals surface area contributed by atoms with Gasteiger partial charge in [0.15, 0.2) is 0 Å². The summed E-state index contributed by atoms with van der Waals surface area (Å²) in [6, 6.07) is 17.2. The van der Waals surface area contributed by atoms with Gasteiger partial charge < -0.3 is 16.0 Å². The predicted molar refractivity (Wildman–Crippen MR) is 105 cm³/mol. The van der Waals surface area contributed by atoms with Crippen LogP contribution in [0.15, 0.2) is 60.8 Å². The zero-order valence-corrected chi connectivity index (χ0v) is 14.6. The summed E-state index contributed by atoms with van der Waals surface area (Å²) in [5.41, 5.74) is 12.1. The summed E-state index contributed by atoms with van der Waals surface area (Å²) in [4.78, 5) is 18.9. The number of rotatable bonds is 3. The van der Waals surface area contributed by atoms with Gasteiger partial charge in [-0.05, 0) is 67.4 Å². The maximum Gasteiger partial charge on any atom is 0.258 e. The van der Waals surface area contributed by atoms with Crippen LogP contribution in [0.4, 0.5) is 22.7 Å². The van der Waals surface area contributed by atoms with E-state index in [0.29, 0.717) is 17.8 Å². The molecule has 1 aliphatic heterocycles. The second-order valence-corrected chi connectivity index (χ2v) is 6.48. The van der Waals surface area contributed by atoms with E-state index in [0.717, 1.165) is 29.2 Å². The lowest BCUT2D eigenvalue weighted by atomic mass is 10.1. The number of anilines is 4. The van der Waals surface area contributed by atoms with Crippen molar-refractivity contribution in [3.05, 3.63) is 77.6 Å². The van der Waals surface area contributed by atoms with Crippen molar-refractivity contribution in [3.63, 3.8) is 0 Å². The summed E-state index contributed by atoms with van der Waals surface area (Å²) < 4.78 is 0. The van der Waals surface area contributed by atoms with Crippen LogP contribution in [0.1, 0.15) is 21.6 Å². The second kappa shape index (κ2) is 6.52. The third kappa shape index (κ3) is 3.11. The topological polar surface area (TPSA) is 71.2 Å². The minimum atomic E-state index is 0.000607. The van der Waals surface area contributed by atoms with E-state index in [1.165, 1.54) is 5.56 Å². The molecule has 4 rings (SSSR count). The molecular weight excluding hydrogens is 324 g/mol. The van der Waals surface area contributed by atoms with Crippen LogP contribution in [0.25, 0.3) is 0 Å². The van der Waals surface area contributed by atoms with Crippen molar-refractivity contribution in [3.8, 4) is 0 Å². The first-order chi connectivity index (χ1) is 12.6. The molecule has 0 unspecified atom stereocenters. The van der Waals surface area contributed by atoms with E-state index in [1.807, 2.05) is 36.1 Å². The Kier molecular flexibility index (Phi) is 4.05. The van der Waals surface area contributed by atoms with E-state index in [2.05, 4.69) is 16.4 Å². The van der Waals surface area contributed by atoms with Crippen LogP contribution in [0.5, 0.6) is 0 Å². The molecular formula is C21H20N4O. The maximum absolute atomic E-state index is 12.9. The van der Waals surface area contributed by atoms with E-state index >= 15 is 0 Å². The lowest BCUT2D eigenvalue weighted by molar-refractivity contribution is 0.0989. The molecule has 0 spiro atoms. The highest BCUT2D eigenvalue weighted by molar-refractivity contribution is 6.07. The Morgan fingerprint density at radius 1 is 1.08 bits per heavy atom. The van der Waals surface area contributed by atoms with Crippen molar-refractivity contribution in [1.82, 2.24) is 4.98 Å². The summed E-state index contributed by atoms with van der Waals surface area (Å²) >= 11 is 0. The summed E-state index contributed by atoms with van der Waals surface area (Å²) in [6.07, 6.45) is 2.65. The number of nitrogen functional groups attached to an aromatic ring is 1. The fourth-order valence-corrected chi connectivity index (χ4v) is 3.24. The van der Waals surface area contributed by atoms with Gasteiger partial charge in [0.1, 0.15) is 0 Å². The summed E-state index contributed by atoms with van der Waals surface area (Å²) in [5, 5.41) is 3.39. The van der Waals surface area contributed by atoms with Gasteiger partial charge in [0.2, 0.25) is 0 Å². The quantitative estimate of drug-likeness (QED) is 0.707. The Balaban J connectivity index is 1.61. The molecule has 0 atom stereocenters. The number of carbonyl (C=O) groups excluding carboxylic acids is 1. The lowest BCUT2D eigenvalue weighted by Gasteiger charge is -2.18. The van der Waals surface area contributed by atoms with Gasteiger partial charge in [0.25, 0.3) is 5.91 Å². The van der Waals surface area contributed by atoms with Crippen LogP contribution in [0.3, 0.4) is 0 Å². The van der Waals surface area contributed by atoms with E-state index < -0.39 is 0 Å². The fraction of sp³-hybridized carbons (Fsp3) is 0.143. The number of hydrogen-bond donors (Lipinski definition) is 2. The van der Waals surface area contributed by atoms with Gasteiger partial charge in [-0.1, -0.05) is 6.07 Å². The molecule has 0 fully saturated rings. The number of pyridine rings is 1. The molecule has 5 heteroatoms. The van der Waals surface area contributed by atoms with Crippen LogP contribution in [0, 0.1) is 6.92 Å². The number of benzene rings is 2. The number of nitrogens with one attached hydrogen (secondary N) is 1. The summed E-state index contributed by atoms with van der Waals surface area (Å²) in [6.45, 7) is 2.65. The largest absolute Gasteiger partial charge is 0.399 e. The number of aromatic nitrogens is 1. The molecule has 0 saturated carbocycles. The van der Waals surface area contributed by atoms with Gasteiger partial charge in [0.05, 0.1) is 0 Å². The van der Waals surface area contributed by atoms with Crippen LogP contribution in [-0.2, 0) is 6.42 Å². The molecule has 26 heavy (non-hydrogen) atoms.